The summed E-state index contributed by atoms with van der Waals surface area (Å²) in [6, 6.07) is 2.94. The Bertz CT molecular complexity index is 1540. The molecule has 0 bridgehead atoms. The lowest BCUT2D eigenvalue weighted by Crippen LogP contribution is -2.71. The highest BCUT2D eigenvalue weighted by molar-refractivity contribution is 8.01. The second-order valence-corrected chi connectivity index (χ2v) is 12.8. The van der Waals surface area contributed by atoms with E-state index in [1.165, 1.54) is 35.5 Å². The highest BCUT2D eigenvalue weighted by atomic mass is 32.2. The monoisotopic (exact) mass is 633 g/mol. The number of nitrogens with one attached hydrogen (secondary N) is 2. The van der Waals surface area contributed by atoms with Gasteiger partial charge in [0.15, 0.2) is 10.8 Å². The first kappa shape index (κ1) is 28.8. The third-order valence-corrected chi connectivity index (χ3v) is 9.95. The smallest absolute Gasteiger partial charge is 0.352 e. The zero-order valence-corrected chi connectivity index (χ0v) is 25.0. The van der Waals surface area contributed by atoms with Gasteiger partial charge in [0.2, 0.25) is 12.4 Å². The largest absolute Gasteiger partial charge is 0.477 e. The van der Waals surface area contributed by atoms with E-state index in [0.29, 0.717) is 23.6 Å². The van der Waals surface area contributed by atoms with Crippen LogP contribution in [0.15, 0.2) is 56.6 Å². The number of thiazole rings is 2. The van der Waals surface area contributed by atoms with Crippen molar-refractivity contribution in [3.63, 3.8) is 0 Å². The van der Waals surface area contributed by atoms with Gasteiger partial charge in [0, 0.05) is 39.3 Å². The lowest BCUT2D eigenvalue weighted by atomic mass is 10.0. The first-order valence-corrected chi connectivity index (χ1v) is 15.9. The molecular formula is C24H25N8O5S4+. The van der Waals surface area contributed by atoms with Crippen molar-refractivity contribution in [1.29, 1.82) is 0 Å². The molecule has 13 nitrogen and oxygen atoms in total. The van der Waals surface area contributed by atoms with Crippen LogP contribution < -0.4 is 21.2 Å². The maximum atomic E-state index is 13.1. The van der Waals surface area contributed by atoms with Crippen molar-refractivity contribution >= 4 is 74.8 Å². The summed E-state index contributed by atoms with van der Waals surface area (Å²) in [6.45, 7) is 2.56. The van der Waals surface area contributed by atoms with Crippen molar-refractivity contribution in [2.45, 2.75) is 29.8 Å². The number of carbonyl (C=O) groups is 3. The number of nitrogens with zero attached hydrogens (tertiary/aromatic N) is 5. The number of amides is 2. The molecule has 214 valence electrons. The Labute approximate surface area is 250 Å². The number of hydrogen-bond donors (Lipinski definition) is 4. The molecule has 41 heavy (non-hydrogen) atoms. The average Bonchev–Trinajstić information content (AvgIpc) is 3.59. The Kier molecular flexibility index (Phi) is 8.77. The minimum atomic E-state index is -1.18. The molecule has 0 aromatic carbocycles. The fourth-order valence-corrected chi connectivity index (χ4v) is 7.67. The van der Waals surface area contributed by atoms with E-state index in [1.807, 2.05) is 41.5 Å². The summed E-state index contributed by atoms with van der Waals surface area (Å²) < 4.78 is 1.83. The van der Waals surface area contributed by atoms with Crippen molar-refractivity contribution in [1.82, 2.24) is 20.2 Å². The van der Waals surface area contributed by atoms with Crippen LogP contribution in [0.25, 0.3) is 0 Å². The molecule has 2 aliphatic heterocycles. The highest BCUT2D eigenvalue weighted by Gasteiger charge is 2.54. The maximum Gasteiger partial charge on any atom is 0.352 e. The molecule has 2 aliphatic rings. The Morgan fingerprint density at radius 3 is 2.71 bits per heavy atom. The molecule has 5 rings (SSSR count). The number of carboxylic acid groups (broad SMARTS) is 1. The SMILES string of the molecule is CO/N=C(\C(=O)N[C@@H]1C(=O)N2C(C(=O)O)=C(CSc3cc[n+](NCc4csc(C)n4)cc3)CS[C@H]12)c1csc(N)n1. The number of β-lactam (4-membered cyclic amide) rings is 1. The van der Waals surface area contributed by atoms with Crippen molar-refractivity contribution in [2.75, 3.05) is 29.8 Å². The molecule has 3 aromatic heterocycles. The number of aromatic nitrogens is 3. The molecule has 0 spiro atoms. The van der Waals surface area contributed by atoms with Gasteiger partial charge >= 0.3 is 5.97 Å². The first-order chi connectivity index (χ1) is 19.7. The topological polar surface area (TPSA) is 176 Å². The van der Waals surface area contributed by atoms with E-state index in [-0.39, 0.29) is 22.2 Å². The molecule has 2 atom stereocenters. The van der Waals surface area contributed by atoms with Gasteiger partial charge in [-0.15, -0.1) is 46.2 Å². The Morgan fingerprint density at radius 2 is 2.07 bits per heavy atom. The summed E-state index contributed by atoms with van der Waals surface area (Å²) in [5.41, 5.74) is 10.6. The van der Waals surface area contributed by atoms with Crippen LogP contribution in [-0.2, 0) is 25.8 Å². The zero-order chi connectivity index (χ0) is 29.1. The van der Waals surface area contributed by atoms with Gasteiger partial charge in [-0.2, -0.15) is 5.43 Å². The highest BCUT2D eigenvalue weighted by Crippen LogP contribution is 2.41. The third-order valence-electron chi connectivity index (χ3n) is 6.02. The molecule has 1 saturated heterocycles. The predicted molar refractivity (Wildman–Crippen MR) is 157 cm³/mol. The van der Waals surface area contributed by atoms with E-state index in [2.05, 4.69) is 25.9 Å². The number of aryl methyl sites for hydroxylation is 1. The van der Waals surface area contributed by atoms with Crippen LogP contribution >= 0.6 is 46.2 Å². The summed E-state index contributed by atoms with van der Waals surface area (Å²) in [7, 11) is 1.29. The normalized spacial score (nSPS) is 18.5. The minimum Gasteiger partial charge on any atom is -0.477 e. The van der Waals surface area contributed by atoms with E-state index >= 15 is 0 Å². The number of aliphatic carboxylic acids is 1. The molecule has 2 amide bonds. The van der Waals surface area contributed by atoms with Gasteiger partial charge in [0.05, 0.1) is 10.7 Å². The van der Waals surface area contributed by atoms with Crippen LogP contribution in [0.4, 0.5) is 5.13 Å². The second-order valence-electron chi connectivity index (χ2n) is 8.73. The van der Waals surface area contributed by atoms with E-state index in [4.69, 9.17) is 10.6 Å². The van der Waals surface area contributed by atoms with Crippen LogP contribution in [0, 0.1) is 6.92 Å². The van der Waals surface area contributed by atoms with Gasteiger partial charge in [-0.1, -0.05) is 9.83 Å². The molecular weight excluding hydrogens is 609 g/mol. The number of rotatable bonds is 11. The lowest BCUT2D eigenvalue weighted by Gasteiger charge is -2.49. The van der Waals surface area contributed by atoms with E-state index in [1.54, 1.807) is 16.7 Å². The minimum absolute atomic E-state index is 0.0407. The number of hydrogen-bond acceptors (Lipinski definition) is 13. The molecule has 0 saturated carbocycles. The number of nitrogen functional groups attached to an aromatic ring is 1. The number of pyridine rings is 1. The Morgan fingerprint density at radius 1 is 1.29 bits per heavy atom. The number of fused-ring (bicyclic) bond motifs is 1. The standard InChI is InChI=1S/C24H24N8O5S4/c1-12-27-14(10-38-12)7-26-31-5-3-15(4-6-31)39-8-13-9-40-22-18(21(34)32(22)19(13)23(35)36)29-20(33)17(30-37-2)16-11-41-24(25)28-16/h3-6,10-11,18,22,26H,7-9H2,1-2H3,(H3-,25,28,29,33,35,36)/p+1/b30-17-/t18-,22-/m1/s1. The molecule has 0 radical (unpaired) electrons. The number of anilines is 1. The number of carbonyl (C=O) groups excluding carboxylic acids is 2. The van der Waals surface area contributed by atoms with Crippen LogP contribution in [0.2, 0.25) is 0 Å². The van der Waals surface area contributed by atoms with Crippen LogP contribution in [0.1, 0.15) is 16.4 Å². The number of oxime groups is 1. The summed E-state index contributed by atoms with van der Waals surface area (Å²) in [4.78, 5) is 53.7. The first-order valence-electron chi connectivity index (χ1n) is 12.1. The van der Waals surface area contributed by atoms with Gasteiger partial charge in [0.1, 0.15) is 36.5 Å². The van der Waals surface area contributed by atoms with E-state index in [9.17, 15) is 19.5 Å². The molecule has 3 aromatic rings. The summed E-state index contributed by atoms with van der Waals surface area (Å²) in [5.74, 6) is -1.56. The quantitative estimate of drug-likeness (QED) is 0.0790. The van der Waals surface area contributed by atoms with Gasteiger partial charge < -0.3 is 21.0 Å². The van der Waals surface area contributed by atoms with Crippen molar-refractivity contribution < 1.29 is 29.0 Å². The molecule has 5 N–H and O–H groups in total. The number of thioether (sulfide) groups is 2. The second kappa shape index (κ2) is 12.5. The molecule has 1 fully saturated rings. The summed E-state index contributed by atoms with van der Waals surface area (Å²) >= 11 is 5.62. The molecule has 0 unspecified atom stereocenters. The summed E-state index contributed by atoms with van der Waals surface area (Å²) in [5, 5.41) is 20.6. The fourth-order valence-electron chi connectivity index (χ4n) is 4.14. The number of carboxylic acids is 1. The molecule has 17 heteroatoms. The predicted octanol–water partition coefficient (Wildman–Crippen LogP) is 1.40. The van der Waals surface area contributed by atoms with E-state index in [0.717, 1.165) is 26.9 Å². The third kappa shape index (κ3) is 6.32. The molecule has 5 heterocycles. The number of nitrogens with two attached hydrogens (primary N) is 1. The average molecular weight is 634 g/mol. The van der Waals surface area contributed by atoms with Crippen molar-refractivity contribution in [3.05, 3.63) is 63.0 Å². The van der Waals surface area contributed by atoms with E-state index < -0.39 is 29.2 Å². The fraction of sp³-hybridized carbons (Fsp3) is 0.292. The van der Waals surface area contributed by atoms with Crippen molar-refractivity contribution in [3.8, 4) is 0 Å². The van der Waals surface area contributed by atoms with Gasteiger partial charge in [0.25, 0.3) is 11.8 Å². The summed E-state index contributed by atoms with van der Waals surface area (Å²) in [6.07, 6.45) is 3.76. The van der Waals surface area contributed by atoms with Gasteiger partial charge in [-0.25, -0.2) is 14.8 Å². The Balaban J connectivity index is 1.21. The van der Waals surface area contributed by atoms with Gasteiger partial charge in [-0.05, 0) is 12.5 Å². The Hall–Kier alpha value is -3.67. The molecule has 0 aliphatic carbocycles. The van der Waals surface area contributed by atoms with Gasteiger partial charge in [-0.3, -0.25) is 14.5 Å². The maximum absolute atomic E-state index is 13.1. The van der Waals surface area contributed by atoms with Crippen LogP contribution in [0.5, 0.6) is 0 Å². The van der Waals surface area contributed by atoms with Crippen LogP contribution in [-0.4, -0.2) is 73.5 Å². The lowest BCUT2D eigenvalue weighted by molar-refractivity contribution is -0.652. The van der Waals surface area contributed by atoms with Crippen LogP contribution in [0.3, 0.4) is 0 Å². The zero-order valence-electron chi connectivity index (χ0n) is 21.8. The van der Waals surface area contributed by atoms with Crippen molar-refractivity contribution in [2.24, 2.45) is 5.16 Å².